The van der Waals surface area contributed by atoms with Gasteiger partial charge in [0.05, 0.1) is 19.2 Å². The van der Waals surface area contributed by atoms with E-state index in [0.717, 1.165) is 20.9 Å². The Balaban J connectivity index is 1.63. The summed E-state index contributed by atoms with van der Waals surface area (Å²) < 4.78 is 10.6. The highest BCUT2D eigenvalue weighted by atomic mass is 32.2. The largest absolute Gasteiger partial charge is 0.465 e. The van der Waals surface area contributed by atoms with Crippen LogP contribution in [0.2, 0.25) is 0 Å². The highest BCUT2D eigenvalue weighted by Crippen LogP contribution is 2.41. The highest BCUT2D eigenvalue weighted by molar-refractivity contribution is 8.00. The molecule has 1 atom stereocenters. The molecule has 0 saturated heterocycles. The third kappa shape index (κ3) is 7.68. The number of methoxy groups -OCH3 is 1. The van der Waals surface area contributed by atoms with Crippen molar-refractivity contribution in [1.29, 1.82) is 0 Å². The first-order valence-corrected chi connectivity index (χ1v) is 14.8. The molecule has 3 aromatic rings. The number of carbonyl (C=O) groups is 4. The van der Waals surface area contributed by atoms with Crippen molar-refractivity contribution in [2.45, 2.75) is 56.4 Å². The smallest absolute Gasteiger partial charge is 0.410 e. The van der Waals surface area contributed by atoms with Gasteiger partial charge in [-0.05, 0) is 56.5 Å². The maximum Gasteiger partial charge on any atom is 0.410 e. The number of fused-ring (bicyclic) bond motifs is 1. The number of esters is 1. The summed E-state index contributed by atoms with van der Waals surface area (Å²) in [5.74, 6) is -1.05. The average Bonchev–Trinajstić information content (AvgIpc) is 3.27. The molecule has 0 spiro atoms. The van der Waals surface area contributed by atoms with Crippen molar-refractivity contribution in [3.63, 3.8) is 0 Å². The second-order valence-corrected chi connectivity index (χ2v) is 12.7. The Bertz CT molecular complexity index is 1450. The van der Waals surface area contributed by atoms with E-state index in [0.29, 0.717) is 29.2 Å². The van der Waals surface area contributed by atoms with E-state index in [4.69, 9.17) is 9.47 Å². The van der Waals surface area contributed by atoms with Crippen LogP contribution in [0.3, 0.4) is 0 Å². The number of thioether (sulfide) groups is 1. The van der Waals surface area contributed by atoms with Crippen LogP contribution in [0.25, 0.3) is 0 Å². The van der Waals surface area contributed by atoms with Crippen LogP contribution in [0.5, 0.6) is 0 Å². The van der Waals surface area contributed by atoms with Crippen molar-refractivity contribution in [3.05, 3.63) is 76.2 Å². The lowest BCUT2D eigenvalue weighted by Crippen LogP contribution is -2.39. The Morgan fingerprint density at radius 3 is 2.41 bits per heavy atom. The van der Waals surface area contributed by atoms with Crippen LogP contribution in [0.4, 0.5) is 15.5 Å². The number of thiophene rings is 1. The number of anilines is 2. The molecule has 0 fully saturated rings. The SMILES string of the molecule is COC(=O)c1c(NC(=O)C(Sc2cccc(NC(C)=O)c2)c2ccccc2)sc2c1CCN(C(=O)OC(C)(C)C)C2. The van der Waals surface area contributed by atoms with Gasteiger partial charge in [0.1, 0.15) is 15.9 Å². The Labute approximate surface area is 247 Å². The zero-order valence-electron chi connectivity index (χ0n) is 23.6. The number of nitrogens with one attached hydrogen (secondary N) is 2. The van der Waals surface area contributed by atoms with Crippen molar-refractivity contribution >= 4 is 57.7 Å². The van der Waals surface area contributed by atoms with Gasteiger partial charge in [-0.1, -0.05) is 36.4 Å². The van der Waals surface area contributed by atoms with E-state index in [9.17, 15) is 19.2 Å². The molecule has 9 nitrogen and oxygen atoms in total. The topological polar surface area (TPSA) is 114 Å². The van der Waals surface area contributed by atoms with Gasteiger partial charge in [0.15, 0.2) is 0 Å². The number of nitrogens with zero attached hydrogens (tertiary/aromatic N) is 1. The van der Waals surface area contributed by atoms with Crippen LogP contribution < -0.4 is 10.6 Å². The predicted molar refractivity (Wildman–Crippen MR) is 160 cm³/mol. The Hall–Kier alpha value is -3.83. The molecule has 2 heterocycles. The van der Waals surface area contributed by atoms with Crippen molar-refractivity contribution in [2.24, 2.45) is 0 Å². The lowest BCUT2D eigenvalue weighted by molar-refractivity contribution is -0.116. The van der Waals surface area contributed by atoms with Crippen molar-refractivity contribution in [1.82, 2.24) is 4.90 Å². The summed E-state index contributed by atoms with van der Waals surface area (Å²) in [5.41, 5.74) is 1.85. The van der Waals surface area contributed by atoms with Gasteiger partial charge in [-0.25, -0.2) is 9.59 Å². The van der Waals surface area contributed by atoms with Gasteiger partial charge in [-0.3, -0.25) is 9.59 Å². The monoisotopic (exact) mass is 595 g/mol. The minimum absolute atomic E-state index is 0.188. The van der Waals surface area contributed by atoms with Gasteiger partial charge in [0.2, 0.25) is 11.8 Å². The number of carbonyl (C=O) groups excluding carboxylic acids is 4. The third-order valence-electron chi connectivity index (χ3n) is 6.08. The number of ether oxygens (including phenoxy) is 2. The summed E-state index contributed by atoms with van der Waals surface area (Å²) in [6.45, 7) is 7.51. The van der Waals surface area contributed by atoms with Gasteiger partial charge in [0, 0.05) is 28.9 Å². The van der Waals surface area contributed by atoms with E-state index in [-0.39, 0.29) is 18.4 Å². The molecular weight excluding hydrogens is 562 g/mol. The first kappa shape index (κ1) is 30.1. The Morgan fingerprint density at radius 2 is 1.76 bits per heavy atom. The molecule has 1 aromatic heterocycles. The van der Waals surface area contributed by atoms with Crippen molar-refractivity contribution in [3.8, 4) is 0 Å². The Morgan fingerprint density at radius 1 is 1.02 bits per heavy atom. The first-order valence-electron chi connectivity index (χ1n) is 13.1. The Kier molecular flexibility index (Phi) is 9.39. The minimum atomic E-state index is -0.660. The van der Waals surface area contributed by atoms with Crippen LogP contribution in [-0.4, -0.2) is 48.0 Å². The van der Waals surface area contributed by atoms with Crippen LogP contribution >= 0.6 is 23.1 Å². The van der Waals surface area contributed by atoms with Crippen LogP contribution in [0.1, 0.15) is 59.3 Å². The third-order valence-corrected chi connectivity index (χ3v) is 8.46. The first-order chi connectivity index (χ1) is 19.4. The number of rotatable bonds is 7. The molecule has 1 aliphatic rings. The van der Waals surface area contributed by atoms with E-state index >= 15 is 0 Å². The zero-order chi connectivity index (χ0) is 29.7. The lowest BCUT2D eigenvalue weighted by atomic mass is 10.0. The molecule has 0 saturated carbocycles. The molecule has 3 amide bonds. The van der Waals surface area contributed by atoms with Crippen LogP contribution in [-0.2, 0) is 32.0 Å². The predicted octanol–water partition coefficient (Wildman–Crippen LogP) is 6.26. The van der Waals surface area contributed by atoms with Crippen molar-refractivity contribution in [2.75, 3.05) is 24.3 Å². The average molecular weight is 596 g/mol. The summed E-state index contributed by atoms with van der Waals surface area (Å²) >= 11 is 2.59. The second-order valence-electron chi connectivity index (χ2n) is 10.5. The molecule has 4 rings (SSSR count). The van der Waals surface area contributed by atoms with E-state index in [1.54, 1.807) is 11.0 Å². The molecule has 1 unspecified atom stereocenters. The van der Waals surface area contributed by atoms with E-state index in [1.807, 2.05) is 69.3 Å². The number of amides is 3. The van der Waals surface area contributed by atoms with Gasteiger partial charge in [-0.15, -0.1) is 23.1 Å². The molecule has 41 heavy (non-hydrogen) atoms. The van der Waals surface area contributed by atoms with Crippen LogP contribution in [0.15, 0.2) is 59.5 Å². The quantitative estimate of drug-likeness (QED) is 0.245. The van der Waals surface area contributed by atoms with Gasteiger partial charge < -0.3 is 25.0 Å². The van der Waals surface area contributed by atoms with E-state index < -0.39 is 22.9 Å². The fraction of sp³-hybridized carbons (Fsp3) is 0.333. The molecule has 0 radical (unpaired) electrons. The van der Waals surface area contributed by atoms with Crippen LogP contribution in [0, 0.1) is 0 Å². The van der Waals surface area contributed by atoms with Crippen molar-refractivity contribution < 1.29 is 28.7 Å². The highest BCUT2D eigenvalue weighted by Gasteiger charge is 2.33. The molecule has 0 aliphatic carbocycles. The van der Waals surface area contributed by atoms with E-state index in [1.165, 1.54) is 37.1 Å². The fourth-order valence-corrected chi connectivity index (χ4v) is 6.69. The van der Waals surface area contributed by atoms with Gasteiger partial charge >= 0.3 is 12.1 Å². The molecule has 216 valence electrons. The molecule has 2 N–H and O–H groups in total. The molecule has 11 heteroatoms. The molecule has 1 aliphatic heterocycles. The lowest BCUT2D eigenvalue weighted by Gasteiger charge is -2.30. The summed E-state index contributed by atoms with van der Waals surface area (Å²) in [6.07, 6.45) is 0.00171. The van der Waals surface area contributed by atoms with Gasteiger partial charge in [0.25, 0.3) is 0 Å². The maximum atomic E-state index is 13.9. The number of hydrogen-bond acceptors (Lipinski definition) is 8. The normalized spacial score (nSPS) is 13.5. The molecular formula is C30H33N3O6S2. The van der Waals surface area contributed by atoms with E-state index in [2.05, 4.69) is 10.6 Å². The van der Waals surface area contributed by atoms with Gasteiger partial charge in [-0.2, -0.15) is 0 Å². The molecule has 0 bridgehead atoms. The second kappa shape index (κ2) is 12.8. The molecule has 2 aromatic carbocycles. The summed E-state index contributed by atoms with van der Waals surface area (Å²) in [5, 5.41) is 5.47. The summed E-state index contributed by atoms with van der Waals surface area (Å²) in [7, 11) is 1.30. The minimum Gasteiger partial charge on any atom is -0.465 e. The summed E-state index contributed by atoms with van der Waals surface area (Å²) in [6, 6.07) is 16.6. The fourth-order valence-electron chi connectivity index (χ4n) is 4.36. The summed E-state index contributed by atoms with van der Waals surface area (Å²) in [4.78, 5) is 54.2. The number of hydrogen-bond donors (Lipinski definition) is 2. The zero-order valence-corrected chi connectivity index (χ0v) is 25.2. The maximum absolute atomic E-state index is 13.9. The number of benzene rings is 2. The standard InChI is InChI=1S/C30H33N3O6S2/c1-18(34)31-20-12-9-13-21(16-20)40-25(19-10-7-6-8-11-19)26(35)32-27-24(28(36)38-5)22-14-15-33(17-23(22)41-27)29(37)39-30(2,3)4/h6-13,16,25H,14-15,17H2,1-5H3,(H,31,34)(H,32,35).